The van der Waals surface area contributed by atoms with Gasteiger partial charge in [0.2, 0.25) is 0 Å². The first kappa shape index (κ1) is 11.9. The fourth-order valence-corrected chi connectivity index (χ4v) is 1.96. The molecule has 0 radical (unpaired) electrons. The van der Waals surface area contributed by atoms with Crippen LogP contribution in [0.1, 0.15) is 37.4 Å². The van der Waals surface area contributed by atoms with Gasteiger partial charge in [0.15, 0.2) is 0 Å². The lowest BCUT2D eigenvalue weighted by Gasteiger charge is -2.12. The Morgan fingerprint density at radius 2 is 2.41 bits per heavy atom. The van der Waals surface area contributed by atoms with E-state index in [4.69, 9.17) is 10.2 Å². The topological polar surface area (TPSA) is 57.0 Å². The molecule has 0 aromatic carbocycles. The second kappa shape index (κ2) is 5.68. The summed E-state index contributed by atoms with van der Waals surface area (Å²) in [5.41, 5.74) is 6.16. The highest BCUT2D eigenvalue weighted by Crippen LogP contribution is 2.16. The van der Waals surface area contributed by atoms with E-state index in [0.29, 0.717) is 0 Å². The van der Waals surface area contributed by atoms with Crippen LogP contribution in [-0.2, 0) is 13.0 Å². The summed E-state index contributed by atoms with van der Waals surface area (Å²) in [4.78, 5) is 4.34. The third kappa shape index (κ3) is 2.97. The molecule has 4 heteroatoms. The van der Waals surface area contributed by atoms with Gasteiger partial charge in [-0.2, -0.15) is 0 Å². The maximum atomic E-state index is 6.16. The average Bonchev–Trinajstić information content (AvgIpc) is 2.97. The molecule has 0 aliphatic carbocycles. The van der Waals surface area contributed by atoms with Gasteiger partial charge in [-0.15, -0.1) is 0 Å². The van der Waals surface area contributed by atoms with Gasteiger partial charge in [-0.05, 0) is 25.0 Å². The van der Waals surface area contributed by atoms with Crippen molar-refractivity contribution in [2.24, 2.45) is 5.73 Å². The Hall–Kier alpha value is -1.55. The SMILES string of the molecule is CCCn1ccnc1C(N)CCc1ccco1. The van der Waals surface area contributed by atoms with Gasteiger partial charge in [-0.1, -0.05) is 6.92 Å². The van der Waals surface area contributed by atoms with Crippen LogP contribution in [0.3, 0.4) is 0 Å². The van der Waals surface area contributed by atoms with Crippen molar-refractivity contribution < 1.29 is 4.42 Å². The number of nitrogens with zero attached hydrogens (tertiary/aromatic N) is 2. The van der Waals surface area contributed by atoms with E-state index in [1.54, 1.807) is 6.26 Å². The molecule has 0 spiro atoms. The molecule has 92 valence electrons. The van der Waals surface area contributed by atoms with Crippen molar-refractivity contribution in [3.8, 4) is 0 Å². The summed E-state index contributed by atoms with van der Waals surface area (Å²) >= 11 is 0. The van der Waals surface area contributed by atoms with E-state index in [1.807, 2.05) is 24.5 Å². The van der Waals surface area contributed by atoms with Crippen molar-refractivity contribution in [2.45, 2.75) is 38.8 Å². The zero-order valence-electron chi connectivity index (χ0n) is 10.2. The summed E-state index contributed by atoms with van der Waals surface area (Å²) < 4.78 is 7.43. The number of aryl methyl sites for hydroxylation is 2. The quantitative estimate of drug-likeness (QED) is 0.834. The second-order valence-electron chi connectivity index (χ2n) is 4.20. The Morgan fingerprint density at radius 3 is 3.12 bits per heavy atom. The first-order valence-corrected chi connectivity index (χ1v) is 6.10. The number of hydrogen-bond donors (Lipinski definition) is 1. The minimum atomic E-state index is -0.0263. The normalized spacial score (nSPS) is 12.8. The molecular weight excluding hydrogens is 214 g/mol. The molecule has 4 nitrogen and oxygen atoms in total. The average molecular weight is 233 g/mol. The highest BCUT2D eigenvalue weighted by Gasteiger charge is 2.12. The highest BCUT2D eigenvalue weighted by atomic mass is 16.3. The lowest BCUT2D eigenvalue weighted by atomic mass is 10.1. The van der Waals surface area contributed by atoms with E-state index in [2.05, 4.69) is 16.5 Å². The standard InChI is InChI=1S/C13H19N3O/c1-2-8-16-9-7-15-13(16)12(14)6-5-11-4-3-10-17-11/h3-4,7,9-10,12H,2,5-6,8,14H2,1H3. The third-order valence-electron chi connectivity index (χ3n) is 2.83. The summed E-state index contributed by atoms with van der Waals surface area (Å²) in [6.07, 6.45) is 8.30. The fourth-order valence-electron chi connectivity index (χ4n) is 1.96. The zero-order valence-corrected chi connectivity index (χ0v) is 10.2. The molecular formula is C13H19N3O. The van der Waals surface area contributed by atoms with Gasteiger partial charge in [-0.3, -0.25) is 0 Å². The van der Waals surface area contributed by atoms with Gasteiger partial charge in [0.1, 0.15) is 11.6 Å². The Morgan fingerprint density at radius 1 is 1.53 bits per heavy atom. The van der Waals surface area contributed by atoms with Crippen molar-refractivity contribution >= 4 is 0 Å². The van der Waals surface area contributed by atoms with Crippen LogP contribution in [0.5, 0.6) is 0 Å². The van der Waals surface area contributed by atoms with Gasteiger partial charge < -0.3 is 14.7 Å². The van der Waals surface area contributed by atoms with Crippen molar-refractivity contribution in [1.82, 2.24) is 9.55 Å². The Bertz CT molecular complexity index is 433. The van der Waals surface area contributed by atoms with Crippen LogP contribution in [-0.4, -0.2) is 9.55 Å². The van der Waals surface area contributed by atoms with Crippen LogP contribution < -0.4 is 5.73 Å². The number of nitrogens with two attached hydrogens (primary N) is 1. The van der Waals surface area contributed by atoms with Crippen molar-refractivity contribution in [1.29, 1.82) is 0 Å². The minimum Gasteiger partial charge on any atom is -0.469 e. The summed E-state index contributed by atoms with van der Waals surface area (Å²) in [7, 11) is 0. The molecule has 2 N–H and O–H groups in total. The van der Waals surface area contributed by atoms with E-state index in [1.165, 1.54) is 0 Å². The number of rotatable bonds is 6. The Balaban J connectivity index is 1.94. The predicted octanol–water partition coefficient (Wildman–Crippen LogP) is 2.52. The first-order chi connectivity index (χ1) is 8.31. The number of furan rings is 1. The van der Waals surface area contributed by atoms with Gasteiger partial charge >= 0.3 is 0 Å². The molecule has 2 heterocycles. The van der Waals surface area contributed by atoms with Crippen molar-refractivity contribution in [3.05, 3.63) is 42.4 Å². The lowest BCUT2D eigenvalue weighted by Crippen LogP contribution is -2.17. The van der Waals surface area contributed by atoms with Crippen molar-refractivity contribution in [2.75, 3.05) is 0 Å². The van der Waals surface area contributed by atoms with Gasteiger partial charge in [0, 0.05) is 25.4 Å². The van der Waals surface area contributed by atoms with Crippen molar-refractivity contribution in [3.63, 3.8) is 0 Å². The molecule has 2 aromatic heterocycles. The molecule has 0 amide bonds. The molecule has 1 unspecified atom stereocenters. The molecule has 0 saturated heterocycles. The van der Waals surface area contributed by atoms with Crippen LogP contribution in [0.15, 0.2) is 35.2 Å². The molecule has 0 aliphatic rings. The maximum Gasteiger partial charge on any atom is 0.125 e. The molecule has 0 fully saturated rings. The molecule has 2 aromatic rings. The smallest absolute Gasteiger partial charge is 0.125 e. The van der Waals surface area contributed by atoms with Crippen LogP contribution in [0, 0.1) is 0 Å². The molecule has 0 aliphatic heterocycles. The van der Waals surface area contributed by atoms with Crippen LogP contribution in [0.4, 0.5) is 0 Å². The summed E-state index contributed by atoms with van der Waals surface area (Å²) in [5.74, 6) is 1.95. The van der Waals surface area contributed by atoms with E-state index in [9.17, 15) is 0 Å². The zero-order chi connectivity index (χ0) is 12.1. The van der Waals surface area contributed by atoms with Gasteiger partial charge in [0.05, 0.1) is 12.3 Å². The third-order valence-corrected chi connectivity index (χ3v) is 2.83. The van der Waals surface area contributed by atoms with E-state index in [0.717, 1.165) is 37.4 Å². The van der Waals surface area contributed by atoms with Gasteiger partial charge in [0.25, 0.3) is 0 Å². The number of aromatic nitrogens is 2. The molecule has 0 saturated carbocycles. The molecule has 17 heavy (non-hydrogen) atoms. The highest BCUT2D eigenvalue weighted by molar-refractivity contribution is 5.02. The second-order valence-corrected chi connectivity index (χ2v) is 4.20. The minimum absolute atomic E-state index is 0.0263. The van der Waals surface area contributed by atoms with E-state index >= 15 is 0 Å². The summed E-state index contributed by atoms with van der Waals surface area (Å²) in [5, 5.41) is 0. The molecule has 2 rings (SSSR count). The predicted molar refractivity (Wildman–Crippen MR) is 66.5 cm³/mol. The van der Waals surface area contributed by atoms with Crippen LogP contribution >= 0.6 is 0 Å². The van der Waals surface area contributed by atoms with Crippen LogP contribution in [0.25, 0.3) is 0 Å². The maximum absolute atomic E-state index is 6.16. The van der Waals surface area contributed by atoms with Gasteiger partial charge in [-0.25, -0.2) is 4.98 Å². The lowest BCUT2D eigenvalue weighted by molar-refractivity contribution is 0.476. The largest absolute Gasteiger partial charge is 0.469 e. The molecule has 0 bridgehead atoms. The fraction of sp³-hybridized carbons (Fsp3) is 0.462. The summed E-state index contributed by atoms with van der Waals surface area (Å²) in [6, 6.07) is 3.85. The number of hydrogen-bond acceptors (Lipinski definition) is 3. The Kier molecular flexibility index (Phi) is 3.98. The first-order valence-electron chi connectivity index (χ1n) is 6.10. The van der Waals surface area contributed by atoms with E-state index < -0.39 is 0 Å². The van der Waals surface area contributed by atoms with Crippen LogP contribution in [0.2, 0.25) is 0 Å². The monoisotopic (exact) mass is 233 g/mol. The number of imidazole rings is 1. The van der Waals surface area contributed by atoms with E-state index in [-0.39, 0.29) is 6.04 Å². The molecule has 1 atom stereocenters. The Labute approximate surface area is 101 Å². The summed E-state index contributed by atoms with van der Waals surface area (Å²) in [6.45, 7) is 3.13.